The van der Waals surface area contributed by atoms with E-state index in [-0.39, 0.29) is 11.3 Å². The fourth-order valence-corrected chi connectivity index (χ4v) is 1.64. The van der Waals surface area contributed by atoms with Gasteiger partial charge in [0.15, 0.2) is 0 Å². The molecule has 0 aliphatic carbocycles. The normalized spacial score (nSPS) is 13.2. The van der Waals surface area contributed by atoms with Crippen LogP contribution in [0.4, 0.5) is 8.78 Å². The van der Waals surface area contributed by atoms with E-state index in [4.69, 9.17) is 17.3 Å². The third-order valence-corrected chi connectivity index (χ3v) is 2.34. The first kappa shape index (κ1) is 12.2. The van der Waals surface area contributed by atoms with Gasteiger partial charge < -0.3 is 10.8 Å². The highest BCUT2D eigenvalue weighted by Gasteiger charge is 2.17. The summed E-state index contributed by atoms with van der Waals surface area (Å²) >= 11 is 5.75. The monoisotopic (exact) mass is 235 g/mol. The third kappa shape index (κ3) is 3.04. The van der Waals surface area contributed by atoms with E-state index in [2.05, 4.69) is 0 Å². The van der Waals surface area contributed by atoms with Crippen LogP contribution in [0.3, 0.4) is 0 Å². The fraction of sp³-hybridized carbons (Fsp3) is 0.400. The Morgan fingerprint density at radius 2 is 2.07 bits per heavy atom. The van der Waals surface area contributed by atoms with Crippen LogP contribution < -0.4 is 5.73 Å². The Kier molecular flexibility index (Phi) is 3.88. The molecule has 84 valence electrons. The van der Waals surface area contributed by atoms with Crippen molar-refractivity contribution in [3.63, 3.8) is 0 Å². The molecule has 1 atom stereocenters. The Labute approximate surface area is 91.7 Å². The zero-order chi connectivity index (χ0) is 11.6. The zero-order valence-corrected chi connectivity index (χ0v) is 8.93. The lowest BCUT2D eigenvalue weighted by molar-refractivity contribution is 0.128. The van der Waals surface area contributed by atoms with Gasteiger partial charge in [0.1, 0.15) is 5.75 Å². The molecule has 3 N–H and O–H groups in total. The van der Waals surface area contributed by atoms with E-state index in [9.17, 15) is 13.9 Å². The molecule has 0 aliphatic heterocycles. The summed E-state index contributed by atoms with van der Waals surface area (Å²) in [6.07, 6.45) is -2.99. The van der Waals surface area contributed by atoms with Crippen LogP contribution in [0.15, 0.2) is 12.1 Å². The van der Waals surface area contributed by atoms with Gasteiger partial charge in [-0.1, -0.05) is 11.6 Å². The molecular formula is C10H12ClF2NO. The number of aryl methyl sites for hydroxylation is 1. The Hall–Kier alpha value is -0.870. The van der Waals surface area contributed by atoms with Gasteiger partial charge in [-0.05, 0) is 24.6 Å². The molecule has 0 aromatic heterocycles. The Morgan fingerprint density at radius 1 is 1.47 bits per heavy atom. The average Bonchev–Trinajstić information content (AvgIpc) is 2.09. The fourth-order valence-electron chi connectivity index (χ4n) is 1.36. The van der Waals surface area contributed by atoms with Crippen LogP contribution in [-0.2, 0) is 0 Å². The number of benzene rings is 1. The van der Waals surface area contributed by atoms with Crippen molar-refractivity contribution < 1.29 is 13.9 Å². The molecule has 2 nitrogen and oxygen atoms in total. The van der Waals surface area contributed by atoms with Crippen LogP contribution >= 0.6 is 11.6 Å². The lowest BCUT2D eigenvalue weighted by Gasteiger charge is -2.15. The van der Waals surface area contributed by atoms with Crippen molar-refractivity contribution in [1.29, 1.82) is 0 Å². The minimum absolute atomic E-state index is 0.0625. The predicted octanol–water partition coefficient (Wildman–Crippen LogP) is 3.01. The lowest BCUT2D eigenvalue weighted by Crippen LogP contribution is -2.14. The number of hydrogen-bond acceptors (Lipinski definition) is 2. The highest BCUT2D eigenvalue weighted by atomic mass is 35.5. The molecule has 1 rings (SSSR count). The quantitative estimate of drug-likeness (QED) is 0.846. The molecule has 0 saturated carbocycles. The van der Waals surface area contributed by atoms with Crippen LogP contribution in [0.5, 0.6) is 5.75 Å². The van der Waals surface area contributed by atoms with Gasteiger partial charge in [-0.15, -0.1) is 0 Å². The zero-order valence-electron chi connectivity index (χ0n) is 8.17. The molecule has 15 heavy (non-hydrogen) atoms. The first-order valence-corrected chi connectivity index (χ1v) is 4.82. The van der Waals surface area contributed by atoms with Crippen molar-refractivity contribution in [3.05, 3.63) is 28.3 Å². The van der Waals surface area contributed by atoms with E-state index in [1.165, 1.54) is 6.07 Å². The maximum absolute atomic E-state index is 12.1. The number of phenolic OH excluding ortho intramolecular Hbond substituents is 1. The molecule has 0 amide bonds. The lowest BCUT2D eigenvalue weighted by atomic mass is 10.0. The van der Waals surface area contributed by atoms with E-state index >= 15 is 0 Å². The molecule has 0 aliphatic rings. The van der Waals surface area contributed by atoms with Crippen LogP contribution in [0.25, 0.3) is 0 Å². The first-order valence-electron chi connectivity index (χ1n) is 4.44. The summed E-state index contributed by atoms with van der Waals surface area (Å²) in [5.74, 6) is -0.0625. The molecule has 0 saturated heterocycles. The van der Waals surface area contributed by atoms with Gasteiger partial charge in [0, 0.05) is 23.0 Å². The first-order chi connectivity index (χ1) is 6.91. The van der Waals surface area contributed by atoms with Crippen molar-refractivity contribution in [3.8, 4) is 5.75 Å². The molecule has 0 heterocycles. The van der Waals surface area contributed by atoms with E-state index in [1.807, 2.05) is 0 Å². The van der Waals surface area contributed by atoms with Crippen molar-refractivity contribution in [2.45, 2.75) is 25.8 Å². The number of hydrogen-bond donors (Lipinski definition) is 2. The number of halogens is 3. The number of rotatable bonds is 3. The second kappa shape index (κ2) is 4.77. The molecule has 0 unspecified atom stereocenters. The molecular weight excluding hydrogens is 224 g/mol. The van der Waals surface area contributed by atoms with Gasteiger partial charge in [-0.3, -0.25) is 0 Å². The summed E-state index contributed by atoms with van der Waals surface area (Å²) in [4.78, 5) is 0. The summed E-state index contributed by atoms with van der Waals surface area (Å²) in [7, 11) is 0. The van der Waals surface area contributed by atoms with Crippen LogP contribution in [0.1, 0.15) is 23.6 Å². The molecule has 0 radical (unpaired) electrons. The Morgan fingerprint density at radius 3 is 2.60 bits per heavy atom. The van der Waals surface area contributed by atoms with E-state index in [1.54, 1.807) is 13.0 Å². The van der Waals surface area contributed by atoms with Crippen molar-refractivity contribution in [1.82, 2.24) is 0 Å². The van der Waals surface area contributed by atoms with Crippen LogP contribution in [-0.4, -0.2) is 11.5 Å². The number of alkyl halides is 2. The van der Waals surface area contributed by atoms with Crippen LogP contribution in [0.2, 0.25) is 5.02 Å². The Balaban J connectivity index is 3.02. The standard InChI is InChI=1S/C10H12ClF2NO/c1-5-2-6(11)3-7(10(5)15)8(14)4-9(12)13/h2-3,8-9,15H,4,14H2,1H3/t8-/m1/s1. The summed E-state index contributed by atoms with van der Waals surface area (Å²) in [5.41, 5.74) is 6.33. The second-order valence-electron chi connectivity index (χ2n) is 3.39. The van der Waals surface area contributed by atoms with Crippen molar-refractivity contribution in [2.24, 2.45) is 5.73 Å². The smallest absolute Gasteiger partial charge is 0.240 e. The number of nitrogens with two attached hydrogens (primary N) is 1. The largest absolute Gasteiger partial charge is 0.507 e. The van der Waals surface area contributed by atoms with Gasteiger partial charge >= 0.3 is 0 Å². The van der Waals surface area contributed by atoms with Crippen molar-refractivity contribution >= 4 is 11.6 Å². The summed E-state index contributed by atoms with van der Waals surface area (Å²) in [6.45, 7) is 1.64. The van der Waals surface area contributed by atoms with Gasteiger partial charge in [-0.25, -0.2) is 8.78 Å². The highest BCUT2D eigenvalue weighted by Crippen LogP contribution is 2.32. The van der Waals surface area contributed by atoms with Gasteiger partial charge in [0.25, 0.3) is 0 Å². The maximum Gasteiger partial charge on any atom is 0.240 e. The van der Waals surface area contributed by atoms with Gasteiger partial charge in [-0.2, -0.15) is 0 Å². The number of phenols is 1. The minimum Gasteiger partial charge on any atom is -0.507 e. The summed E-state index contributed by atoms with van der Waals surface area (Å²) in [6, 6.07) is 2.06. The molecule has 5 heteroatoms. The van der Waals surface area contributed by atoms with E-state index < -0.39 is 18.9 Å². The second-order valence-corrected chi connectivity index (χ2v) is 3.83. The molecule has 0 spiro atoms. The van der Waals surface area contributed by atoms with Gasteiger partial charge in [0.05, 0.1) is 0 Å². The maximum atomic E-state index is 12.1. The predicted molar refractivity (Wildman–Crippen MR) is 55.4 cm³/mol. The minimum atomic E-state index is -2.50. The van der Waals surface area contributed by atoms with E-state index in [0.29, 0.717) is 10.6 Å². The Bertz CT molecular complexity index is 358. The van der Waals surface area contributed by atoms with Gasteiger partial charge in [0.2, 0.25) is 6.43 Å². The average molecular weight is 236 g/mol. The van der Waals surface area contributed by atoms with E-state index in [0.717, 1.165) is 0 Å². The van der Waals surface area contributed by atoms with Crippen LogP contribution in [0, 0.1) is 6.92 Å². The molecule has 1 aromatic carbocycles. The summed E-state index contributed by atoms with van der Waals surface area (Å²) < 4.78 is 24.2. The molecule has 1 aromatic rings. The SMILES string of the molecule is Cc1cc(Cl)cc([C@H](N)CC(F)F)c1O. The third-order valence-electron chi connectivity index (χ3n) is 2.13. The topological polar surface area (TPSA) is 46.2 Å². The summed E-state index contributed by atoms with van der Waals surface area (Å²) in [5, 5.41) is 10.0. The molecule has 0 fully saturated rings. The number of aromatic hydroxyl groups is 1. The molecule has 0 bridgehead atoms. The highest BCUT2D eigenvalue weighted by molar-refractivity contribution is 6.30. The van der Waals surface area contributed by atoms with Crippen molar-refractivity contribution in [2.75, 3.05) is 0 Å².